The van der Waals surface area contributed by atoms with Gasteiger partial charge in [-0.2, -0.15) is 0 Å². The Morgan fingerprint density at radius 1 is 1.18 bits per heavy atom. The SMILES string of the molecule is O=C(Nc1ccc(F)c(Cl)c1)c1cc(F)c(F)c2nc[nH]c12. The molecule has 1 amide bonds. The first-order valence-corrected chi connectivity index (χ1v) is 6.42. The van der Waals surface area contributed by atoms with Gasteiger partial charge in [0.15, 0.2) is 11.6 Å². The van der Waals surface area contributed by atoms with Crippen LogP contribution in [0.3, 0.4) is 0 Å². The molecule has 4 nitrogen and oxygen atoms in total. The van der Waals surface area contributed by atoms with Crippen LogP contribution in [-0.4, -0.2) is 15.9 Å². The highest BCUT2D eigenvalue weighted by atomic mass is 35.5. The second-order valence-corrected chi connectivity index (χ2v) is 4.84. The van der Waals surface area contributed by atoms with Crippen molar-refractivity contribution in [2.45, 2.75) is 0 Å². The predicted molar refractivity (Wildman–Crippen MR) is 75.4 cm³/mol. The summed E-state index contributed by atoms with van der Waals surface area (Å²) in [7, 11) is 0. The Kier molecular flexibility index (Phi) is 3.50. The second-order valence-electron chi connectivity index (χ2n) is 4.43. The molecule has 0 fully saturated rings. The Hall–Kier alpha value is -2.54. The van der Waals surface area contributed by atoms with Crippen LogP contribution < -0.4 is 5.32 Å². The summed E-state index contributed by atoms with van der Waals surface area (Å²) < 4.78 is 40.1. The van der Waals surface area contributed by atoms with Crippen molar-refractivity contribution in [2.75, 3.05) is 5.32 Å². The van der Waals surface area contributed by atoms with Crippen molar-refractivity contribution in [3.63, 3.8) is 0 Å². The Morgan fingerprint density at radius 2 is 1.95 bits per heavy atom. The Balaban J connectivity index is 2.00. The molecule has 0 spiro atoms. The summed E-state index contributed by atoms with van der Waals surface area (Å²) in [6.07, 6.45) is 1.15. The highest BCUT2D eigenvalue weighted by Gasteiger charge is 2.19. The molecule has 1 aromatic heterocycles. The Labute approximate surface area is 126 Å². The van der Waals surface area contributed by atoms with Crippen molar-refractivity contribution in [2.24, 2.45) is 0 Å². The van der Waals surface area contributed by atoms with Gasteiger partial charge in [-0.15, -0.1) is 0 Å². The average molecular weight is 326 g/mol. The van der Waals surface area contributed by atoms with E-state index in [-0.39, 0.29) is 27.3 Å². The molecule has 0 atom stereocenters. The maximum atomic E-state index is 13.6. The number of halogens is 4. The summed E-state index contributed by atoms with van der Waals surface area (Å²) in [6.45, 7) is 0. The molecule has 0 aliphatic heterocycles. The van der Waals surface area contributed by atoms with E-state index >= 15 is 0 Å². The molecular formula is C14H7ClF3N3O. The highest BCUT2D eigenvalue weighted by molar-refractivity contribution is 6.31. The van der Waals surface area contributed by atoms with E-state index in [0.29, 0.717) is 0 Å². The van der Waals surface area contributed by atoms with E-state index in [1.165, 1.54) is 12.1 Å². The summed E-state index contributed by atoms with van der Waals surface area (Å²) in [5.74, 6) is -3.68. The molecule has 0 saturated heterocycles. The number of nitrogens with zero attached hydrogens (tertiary/aromatic N) is 1. The fourth-order valence-electron chi connectivity index (χ4n) is 1.99. The monoisotopic (exact) mass is 325 g/mol. The van der Waals surface area contributed by atoms with E-state index in [0.717, 1.165) is 18.5 Å². The van der Waals surface area contributed by atoms with Crippen molar-refractivity contribution in [3.05, 3.63) is 58.6 Å². The molecule has 8 heteroatoms. The van der Waals surface area contributed by atoms with Gasteiger partial charge in [-0.3, -0.25) is 4.79 Å². The molecule has 0 bridgehead atoms. The number of hydrogen-bond donors (Lipinski definition) is 2. The van der Waals surface area contributed by atoms with Crippen LogP contribution in [0.1, 0.15) is 10.4 Å². The van der Waals surface area contributed by atoms with Gasteiger partial charge >= 0.3 is 0 Å². The molecule has 3 rings (SSSR count). The lowest BCUT2D eigenvalue weighted by molar-refractivity contribution is 0.102. The highest BCUT2D eigenvalue weighted by Crippen LogP contribution is 2.24. The summed E-state index contributed by atoms with van der Waals surface area (Å²) in [4.78, 5) is 18.4. The van der Waals surface area contributed by atoms with Crippen LogP contribution in [0.5, 0.6) is 0 Å². The molecule has 112 valence electrons. The van der Waals surface area contributed by atoms with Crippen molar-refractivity contribution in [1.82, 2.24) is 9.97 Å². The summed E-state index contributed by atoms with van der Waals surface area (Å²) in [6, 6.07) is 4.34. The van der Waals surface area contributed by atoms with Crippen LogP contribution in [-0.2, 0) is 0 Å². The molecule has 3 aromatic rings. The molecule has 0 aliphatic carbocycles. The molecule has 1 heterocycles. The minimum Gasteiger partial charge on any atom is -0.344 e. The molecule has 2 aromatic carbocycles. The fourth-order valence-corrected chi connectivity index (χ4v) is 2.17. The largest absolute Gasteiger partial charge is 0.344 e. The number of carbonyl (C=O) groups excluding carboxylic acids is 1. The van der Waals surface area contributed by atoms with Crippen molar-refractivity contribution >= 4 is 34.2 Å². The summed E-state index contributed by atoms with van der Waals surface area (Å²) in [5, 5.41) is 2.26. The van der Waals surface area contributed by atoms with Crippen LogP contribution in [0.2, 0.25) is 5.02 Å². The normalized spacial score (nSPS) is 10.9. The number of amides is 1. The molecule has 2 N–H and O–H groups in total. The third-order valence-electron chi connectivity index (χ3n) is 3.02. The summed E-state index contributed by atoms with van der Waals surface area (Å²) in [5.41, 5.74) is -0.132. The standard InChI is InChI=1S/C14H7ClF3N3O/c15-8-3-6(1-2-9(8)16)21-14(22)7-4-10(17)11(18)13-12(7)19-5-20-13/h1-5H,(H,19,20)(H,21,22). The van der Waals surface area contributed by atoms with Gasteiger partial charge in [-0.25, -0.2) is 18.2 Å². The van der Waals surface area contributed by atoms with Crippen molar-refractivity contribution in [3.8, 4) is 0 Å². The van der Waals surface area contributed by atoms with Crippen molar-refractivity contribution in [1.29, 1.82) is 0 Å². The van der Waals surface area contributed by atoms with Crippen LogP contribution >= 0.6 is 11.6 Å². The maximum absolute atomic E-state index is 13.6. The van der Waals surface area contributed by atoms with Gasteiger partial charge in [-0.1, -0.05) is 11.6 Å². The van der Waals surface area contributed by atoms with Crippen LogP contribution in [0.25, 0.3) is 11.0 Å². The van der Waals surface area contributed by atoms with Gasteiger partial charge < -0.3 is 10.3 Å². The number of anilines is 1. The summed E-state index contributed by atoms with van der Waals surface area (Å²) >= 11 is 5.61. The van der Waals surface area contributed by atoms with E-state index in [1.807, 2.05) is 0 Å². The Morgan fingerprint density at radius 3 is 2.68 bits per heavy atom. The molecule has 22 heavy (non-hydrogen) atoms. The van der Waals surface area contributed by atoms with Gasteiger partial charge in [0.2, 0.25) is 0 Å². The minimum absolute atomic E-state index is 0.0598. The first-order valence-electron chi connectivity index (χ1n) is 6.05. The number of fused-ring (bicyclic) bond motifs is 1. The van der Waals surface area contributed by atoms with E-state index in [1.54, 1.807) is 0 Å². The quantitative estimate of drug-likeness (QED) is 0.751. The third kappa shape index (κ3) is 2.39. The number of aromatic amines is 1. The zero-order chi connectivity index (χ0) is 15.9. The number of carbonyl (C=O) groups is 1. The van der Waals surface area contributed by atoms with E-state index in [4.69, 9.17) is 11.6 Å². The fraction of sp³-hybridized carbons (Fsp3) is 0. The molecule has 0 saturated carbocycles. The number of rotatable bonds is 2. The molecular weight excluding hydrogens is 319 g/mol. The lowest BCUT2D eigenvalue weighted by Gasteiger charge is -2.07. The zero-order valence-corrected chi connectivity index (χ0v) is 11.5. The average Bonchev–Trinajstić information content (AvgIpc) is 2.96. The van der Waals surface area contributed by atoms with Gasteiger partial charge in [0.05, 0.1) is 22.4 Å². The van der Waals surface area contributed by atoms with Crippen molar-refractivity contribution < 1.29 is 18.0 Å². The number of hydrogen-bond acceptors (Lipinski definition) is 2. The van der Waals surface area contributed by atoms with Gasteiger partial charge in [-0.05, 0) is 24.3 Å². The predicted octanol–water partition coefficient (Wildman–Crippen LogP) is 3.89. The molecule has 0 unspecified atom stereocenters. The van der Waals surface area contributed by atoms with E-state index in [9.17, 15) is 18.0 Å². The van der Waals surface area contributed by atoms with E-state index in [2.05, 4.69) is 15.3 Å². The number of imidazole rings is 1. The minimum atomic E-state index is -1.19. The topological polar surface area (TPSA) is 57.8 Å². The smallest absolute Gasteiger partial charge is 0.257 e. The van der Waals surface area contributed by atoms with Crippen LogP contribution in [0, 0.1) is 17.5 Å². The molecule has 0 aliphatic rings. The first kappa shape index (κ1) is 14.4. The number of benzene rings is 2. The molecule has 0 radical (unpaired) electrons. The first-order chi connectivity index (χ1) is 10.5. The number of nitrogens with one attached hydrogen (secondary N) is 2. The third-order valence-corrected chi connectivity index (χ3v) is 3.31. The van der Waals surface area contributed by atoms with Gasteiger partial charge in [0.1, 0.15) is 11.3 Å². The van der Waals surface area contributed by atoms with Gasteiger partial charge in [0.25, 0.3) is 5.91 Å². The van der Waals surface area contributed by atoms with Crippen LogP contribution in [0.15, 0.2) is 30.6 Å². The Bertz CT molecular complexity index is 894. The van der Waals surface area contributed by atoms with Crippen LogP contribution in [0.4, 0.5) is 18.9 Å². The van der Waals surface area contributed by atoms with E-state index < -0.39 is 23.4 Å². The lowest BCUT2D eigenvalue weighted by atomic mass is 10.1. The second kappa shape index (κ2) is 5.34. The maximum Gasteiger partial charge on any atom is 0.257 e. The number of H-pyrrole nitrogens is 1. The van der Waals surface area contributed by atoms with Gasteiger partial charge in [0, 0.05) is 5.69 Å². The lowest BCUT2D eigenvalue weighted by Crippen LogP contribution is -2.13. The zero-order valence-electron chi connectivity index (χ0n) is 10.8. The number of aromatic nitrogens is 2.